The molecule has 3 rings (SSSR count). The summed E-state index contributed by atoms with van der Waals surface area (Å²) in [6, 6.07) is 8.31. The topological polar surface area (TPSA) is 79.6 Å². The molecule has 7 heteroatoms. The van der Waals surface area contributed by atoms with E-state index in [1.807, 2.05) is 33.8 Å². The molecule has 1 aromatic heterocycles. The maximum atomic E-state index is 12.9. The van der Waals surface area contributed by atoms with Crippen LogP contribution in [0, 0.1) is 5.92 Å². The van der Waals surface area contributed by atoms with Crippen LogP contribution in [0.5, 0.6) is 0 Å². The van der Waals surface area contributed by atoms with Crippen molar-refractivity contribution < 1.29 is 17.6 Å². The molecule has 0 spiro atoms. The average molecular weight is 405 g/mol. The highest BCUT2D eigenvalue weighted by molar-refractivity contribution is 7.89. The van der Waals surface area contributed by atoms with E-state index in [4.69, 9.17) is 4.42 Å². The monoisotopic (exact) mass is 404 g/mol. The molecule has 0 unspecified atom stereocenters. The molecule has 2 heterocycles. The summed E-state index contributed by atoms with van der Waals surface area (Å²) in [5.41, 5.74) is 1.36. The third-order valence-corrected chi connectivity index (χ3v) is 6.64. The molecule has 0 radical (unpaired) electrons. The standard InChI is InChI=1S/C21H28N2O4S/c1-14(2)20(24)23-13-21(4,5)18-12-17(8-9-19(18)23)28(25,26)22-15(3)11-16-7-6-10-27-16/h6-10,12,14-15,22H,11,13H2,1-5H3/t15-/m1/s1. The van der Waals surface area contributed by atoms with Crippen molar-refractivity contribution in [1.82, 2.24) is 4.72 Å². The number of sulfonamides is 1. The summed E-state index contributed by atoms with van der Waals surface area (Å²) in [6.07, 6.45) is 2.04. The van der Waals surface area contributed by atoms with E-state index in [2.05, 4.69) is 4.72 Å². The lowest BCUT2D eigenvalue weighted by molar-refractivity contribution is -0.121. The number of nitrogens with one attached hydrogen (secondary N) is 1. The van der Waals surface area contributed by atoms with Crippen LogP contribution in [0.4, 0.5) is 5.69 Å². The van der Waals surface area contributed by atoms with E-state index in [1.165, 1.54) is 0 Å². The quantitative estimate of drug-likeness (QED) is 0.799. The van der Waals surface area contributed by atoms with Crippen LogP contribution in [0.25, 0.3) is 0 Å². The highest BCUT2D eigenvalue weighted by atomic mass is 32.2. The Morgan fingerprint density at radius 3 is 2.57 bits per heavy atom. The molecule has 0 saturated heterocycles. The largest absolute Gasteiger partial charge is 0.469 e. The number of carbonyl (C=O) groups is 1. The number of fused-ring (bicyclic) bond motifs is 1. The minimum Gasteiger partial charge on any atom is -0.469 e. The molecule has 28 heavy (non-hydrogen) atoms. The molecule has 1 aliphatic rings. The minimum atomic E-state index is -3.68. The number of hydrogen-bond acceptors (Lipinski definition) is 4. The maximum Gasteiger partial charge on any atom is 0.240 e. The highest BCUT2D eigenvalue weighted by Crippen LogP contribution is 2.42. The van der Waals surface area contributed by atoms with E-state index in [0.717, 1.165) is 17.0 Å². The SMILES string of the molecule is CC(C)C(=O)N1CC(C)(C)c2cc(S(=O)(=O)N[C@H](C)Cc3ccco3)ccc21. The molecule has 1 atom stereocenters. The fraction of sp³-hybridized carbons (Fsp3) is 0.476. The van der Waals surface area contributed by atoms with E-state index in [0.29, 0.717) is 13.0 Å². The first-order valence-corrected chi connectivity index (χ1v) is 11.0. The lowest BCUT2D eigenvalue weighted by Crippen LogP contribution is -2.36. The van der Waals surface area contributed by atoms with Crippen LogP contribution in [-0.4, -0.2) is 26.9 Å². The van der Waals surface area contributed by atoms with Gasteiger partial charge in [0.2, 0.25) is 15.9 Å². The molecule has 0 aliphatic carbocycles. The molecule has 0 fully saturated rings. The summed E-state index contributed by atoms with van der Waals surface area (Å²) in [5, 5.41) is 0. The molecule has 1 aliphatic heterocycles. The van der Waals surface area contributed by atoms with Gasteiger partial charge in [-0.2, -0.15) is 0 Å². The Morgan fingerprint density at radius 1 is 1.25 bits per heavy atom. The van der Waals surface area contributed by atoms with Gasteiger partial charge in [0, 0.05) is 36.0 Å². The summed E-state index contributed by atoms with van der Waals surface area (Å²) in [6.45, 7) is 10.2. The third kappa shape index (κ3) is 4.00. The fourth-order valence-corrected chi connectivity index (χ4v) is 4.91. The predicted molar refractivity (Wildman–Crippen MR) is 109 cm³/mol. The van der Waals surface area contributed by atoms with Gasteiger partial charge in [0.05, 0.1) is 11.2 Å². The van der Waals surface area contributed by atoms with Crippen LogP contribution in [-0.2, 0) is 26.7 Å². The van der Waals surface area contributed by atoms with Crippen molar-refractivity contribution in [3.8, 4) is 0 Å². The normalized spacial score (nSPS) is 17.0. The second-order valence-electron chi connectivity index (χ2n) is 8.45. The van der Waals surface area contributed by atoms with Crippen molar-refractivity contribution in [3.05, 3.63) is 47.9 Å². The number of hydrogen-bond donors (Lipinski definition) is 1. The Labute approximate surface area is 167 Å². The number of carbonyl (C=O) groups excluding carboxylic acids is 1. The summed E-state index contributed by atoms with van der Waals surface area (Å²) in [5.74, 6) is 0.662. The maximum absolute atomic E-state index is 12.9. The molecule has 0 saturated carbocycles. The van der Waals surface area contributed by atoms with Gasteiger partial charge in [-0.25, -0.2) is 13.1 Å². The molecule has 152 valence electrons. The van der Waals surface area contributed by atoms with Crippen molar-refractivity contribution in [3.63, 3.8) is 0 Å². The Balaban J connectivity index is 1.87. The summed E-state index contributed by atoms with van der Waals surface area (Å²) < 4.78 is 33.8. The lowest BCUT2D eigenvalue weighted by Gasteiger charge is -2.22. The van der Waals surface area contributed by atoms with Crippen molar-refractivity contribution in [2.75, 3.05) is 11.4 Å². The highest BCUT2D eigenvalue weighted by Gasteiger charge is 2.39. The van der Waals surface area contributed by atoms with Crippen molar-refractivity contribution >= 4 is 21.6 Å². The van der Waals surface area contributed by atoms with Gasteiger partial charge < -0.3 is 9.32 Å². The number of amides is 1. The smallest absolute Gasteiger partial charge is 0.240 e. The van der Waals surface area contributed by atoms with E-state index < -0.39 is 10.0 Å². The number of rotatable bonds is 6. The van der Waals surface area contributed by atoms with E-state index in [-0.39, 0.29) is 28.2 Å². The van der Waals surface area contributed by atoms with Crippen LogP contribution in [0.15, 0.2) is 45.9 Å². The first-order valence-electron chi connectivity index (χ1n) is 9.52. The number of nitrogens with zero attached hydrogens (tertiary/aromatic N) is 1. The Morgan fingerprint density at radius 2 is 1.96 bits per heavy atom. The zero-order chi connectivity index (χ0) is 20.7. The summed E-state index contributed by atoms with van der Waals surface area (Å²) in [7, 11) is -3.68. The molecular weight excluding hydrogens is 376 g/mol. The number of anilines is 1. The number of furan rings is 1. The van der Waals surface area contributed by atoms with Gasteiger partial charge >= 0.3 is 0 Å². The van der Waals surface area contributed by atoms with Gasteiger partial charge in [-0.1, -0.05) is 27.7 Å². The Bertz CT molecular complexity index is 962. The van der Waals surface area contributed by atoms with Gasteiger partial charge in [0.25, 0.3) is 0 Å². The zero-order valence-electron chi connectivity index (χ0n) is 17.0. The molecular formula is C21H28N2O4S. The van der Waals surface area contributed by atoms with Crippen molar-refractivity contribution in [2.24, 2.45) is 5.92 Å². The molecule has 1 amide bonds. The Hall–Kier alpha value is -2.12. The van der Waals surface area contributed by atoms with Crippen molar-refractivity contribution in [2.45, 2.75) is 57.4 Å². The first-order chi connectivity index (χ1) is 13.0. The summed E-state index contributed by atoms with van der Waals surface area (Å²) >= 11 is 0. The van der Waals surface area contributed by atoms with Crippen LogP contribution in [0.1, 0.15) is 45.9 Å². The fourth-order valence-electron chi connectivity index (χ4n) is 3.64. The second kappa shape index (κ2) is 7.37. The van der Waals surface area contributed by atoms with Crippen molar-refractivity contribution in [1.29, 1.82) is 0 Å². The minimum absolute atomic E-state index is 0.0487. The van der Waals surface area contributed by atoms with Gasteiger partial charge in [-0.3, -0.25) is 4.79 Å². The van der Waals surface area contributed by atoms with Crippen LogP contribution in [0.3, 0.4) is 0 Å². The average Bonchev–Trinajstić information content (AvgIpc) is 3.19. The zero-order valence-corrected chi connectivity index (χ0v) is 17.8. The van der Waals surface area contributed by atoms with Gasteiger partial charge in [-0.15, -0.1) is 0 Å². The molecule has 2 aromatic rings. The van der Waals surface area contributed by atoms with Gasteiger partial charge in [0.15, 0.2) is 0 Å². The van der Waals surface area contributed by atoms with E-state index in [1.54, 1.807) is 42.4 Å². The Kier molecular flexibility index (Phi) is 5.42. The van der Waals surface area contributed by atoms with Gasteiger partial charge in [0.1, 0.15) is 5.76 Å². The summed E-state index contributed by atoms with van der Waals surface area (Å²) in [4.78, 5) is 14.5. The molecule has 6 nitrogen and oxygen atoms in total. The van der Waals surface area contributed by atoms with E-state index in [9.17, 15) is 13.2 Å². The van der Waals surface area contributed by atoms with E-state index >= 15 is 0 Å². The first kappa shape index (κ1) is 20.6. The molecule has 1 aromatic carbocycles. The third-order valence-electron chi connectivity index (χ3n) is 5.06. The number of benzene rings is 1. The van der Waals surface area contributed by atoms with Crippen LogP contribution in [0.2, 0.25) is 0 Å². The van der Waals surface area contributed by atoms with Crippen LogP contribution >= 0.6 is 0 Å². The van der Waals surface area contributed by atoms with Crippen LogP contribution < -0.4 is 9.62 Å². The predicted octanol–water partition coefficient (Wildman–Crippen LogP) is 3.47. The second-order valence-corrected chi connectivity index (χ2v) is 10.2. The van der Waals surface area contributed by atoms with Gasteiger partial charge in [-0.05, 0) is 42.8 Å². The lowest BCUT2D eigenvalue weighted by atomic mass is 9.87. The molecule has 0 bridgehead atoms. The molecule has 1 N–H and O–H groups in total.